The highest BCUT2D eigenvalue weighted by molar-refractivity contribution is 5.83. The van der Waals surface area contributed by atoms with Gasteiger partial charge in [0.1, 0.15) is 0 Å². The minimum Gasteiger partial charge on any atom is -0.342 e. The number of hydrogen-bond donors (Lipinski definition) is 1. The number of hydrogen-bond acceptors (Lipinski definition) is 6. The average Bonchev–Trinajstić information content (AvgIpc) is 3.39. The average molecular weight is 375 g/mol. The fourth-order valence-electron chi connectivity index (χ4n) is 4.61. The van der Waals surface area contributed by atoms with Gasteiger partial charge >= 0.3 is 0 Å². The highest BCUT2D eigenvalue weighted by Gasteiger charge is 2.37. The zero-order chi connectivity index (χ0) is 18.8. The van der Waals surface area contributed by atoms with Gasteiger partial charge < -0.3 is 19.6 Å². The number of nitrogens with one attached hydrogen (secondary N) is 1. The van der Waals surface area contributed by atoms with E-state index in [0.29, 0.717) is 25.4 Å². The summed E-state index contributed by atoms with van der Waals surface area (Å²) in [5.74, 6) is 1.86. The Morgan fingerprint density at radius 2 is 1.59 bits per heavy atom. The second-order valence-electron chi connectivity index (χ2n) is 8.09. The molecule has 0 saturated carbocycles. The van der Waals surface area contributed by atoms with Crippen molar-refractivity contribution in [2.75, 3.05) is 39.3 Å². The summed E-state index contributed by atoms with van der Waals surface area (Å²) in [6.07, 6.45) is 4.60. The molecule has 0 radical (unpaired) electrons. The van der Waals surface area contributed by atoms with Gasteiger partial charge in [-0.1, -0.05) is 5.16 Å². The number of aromatic nitrogens is 2. The largest absolute Gasteiger partial charge is 0.342 e. The van der Waals surface area contributed by atoms with Crippen molar-refractivity contribution in [3.05, 3.63) is 11.7 Å². The van der Waals surface area contributed by atoms with Gasteiger partial charge in [0.05, 0.1) is 11.8 Å². The van der Waals surface area contributed by atoms with Gasteiger partial charge in [-0.15, -0.1) is 0 Å². The Balaban J connectivity index is 1.30. The SMILES string of the molecule is Cc1nc(C2CCN(C(=O)C3CNCC(C(=O)N4CCCC4)C3)CC2)no1. The quantitative estimate of drug-likeness (QED) is 0.845. The molecular weight excluding hydrogens is 346 g/mol. The van der Waals surface area contributed by atoms with Crippen molar-refractivity contribution in [2.45, 2.75) is 44.9 Å². The first-order valence-electron chi connectivity index (χ1n) is 10.2. The topological polar surface area (TPSA) is 91.6 Å². The Morgan fingerprint density at radius 3 is 2.15 bits per heavy atom. The molecule has 3 aliphatic heterocycles. The first-order chi connectivity index (χ1) is 13.1. The van der Waals surface area contributed by atoms with Crippen LogP contribution in [0.15, 0.2) is 4.52 Å². The lowest BCUT2D eigenvalue weighted by atomic mass is 9.87. The zero-order valence-electron chi connectivity index (χ0n) is 16.0. The molecule has 27 heavy (non-hydrogen) atoms. The summed E-state index contributed by atoms with van der Waals surface area (Å²) in [6, 6.07) is 0. The molecule has 3 aliphatic rings. The van der Waals surface area contributed by atoms with Gasteiger partial charge in [-0.05, 0) is 32.1 Å². The lowest BCUT2D eigenvalue weighted by Gasteiger charge is -2.36. The Bertz CT molecular complexity index is 677. The maximum atomic E-state index is 13.0. The zero-order valence-corrected chi connectivity index (χ0v) is 16.0. The molecule has 1 N–H and O–H groups in total. The Hall–Kier alpha value is -1.96. The van der Waals surface area contributed by atoms with Crippen LogP contribution in [0.4, 0.5) is 0 Å². The second-order valence-corrected chi connectivity index (χ2v) is 8.09. The monoisotopic (exact) mass is 375 g/mol. The molecule has 0 aromatic carbocycles. The van der Waals surface area contributed by atoms with Gasteiger partial charge in [0.15, 0.2) is 5.82 Å². The van der Waals surface area contributed by atoms with Crippen molar-refractivity contribution in [3.8, 4) is 0 Å². The number of carbonyl (C=O) groups is 2. The summed E-state index contributed by atoms with van der Waals surface area (Å²) in [5, 5.41) is 7.34. The van der Waals surface area contributed by atoms with Crippen LogP contribution in [0.2, 0.25) is 0 Å². The summed E-state index contributed by atoms with van der Waals surface area (Å²) in [4.78, 5) is 33.9. The van der Waals surface area contributed by atoms with E-state index in [4.69, 9.17) is 4.52 Å². The lowest BCUT2D eigenvalue weighted by molar-refractivity contribution is -0.140. The molecule has 8 nitrogen and oxygen atoms in total. The molecule has 1 aromatic heterocycles. The maximum Gasteiger partial charge on any atom is 0.226 e. The van der Waals surface area contributed by atoms with Gasteiger partial charge in [-0.25, -0.2) is 0 Å². The van der Waals surface area contributed by atoms with Gasteiger partial charge in [-0.3, -0.25) is 9.59 Å². The number of amides is 2. The molecule has 2 atom stereocenters. The highest BCUT2D eigenvalue weighted by Crippen LogP contribution is 2.28. The number of likely N-dealkylation sites (tertiary alicyclic amines) is 2. The molecule has 0 aliphatic carbocycles. The van der Waals surface area contributed by atoms with Gasteiger partial charge in [0, 0.05) is 52.1 Å². The summed E-state index contributed by atoms with van der Waals surface area (Å²) in [7, 11) is 0. The number of rotatable bonds is 3. The van der Waals surface area contributed by atoms with Crippen molar-refractivity contribution >= 4 is 11.8 Å². The van der Waals surface area contributed by atoms with Gasteiger partial charge in [0.2, 0.25) is 17.7 Å². The second kappa shape index (κ2) is 7.96. The molecular formula is C19H29N5O3. The van der Waals surface area contributed by atoms with Crippen molar-refractivity contribution < 1.29 is 14.1 Å². The summed E-state index contributed by atoms with van der Waals surface area (Å²) in [5.41, 5.74) is 0. The van der Waals surface area contributed by atoms with Crippen LogP contribution >= 0.6 is 0 Å². The third-order valence-electron chi connectivity index (χ3n) is 6.18. The van der Waals surface area contributed by atoms with E-state index in [9.17, 15) is 9.59 Å². The van der Waals surface area contributed by atoms with Gasteiger partial charge in [-0.2, -0.15) is 4.98 Å². The van der Waals surface area contributed by atoms with Crippen LogP contribution in [0.25, 0.3) is 0 Å². The molecule has 3 saturated heterocycles. The molecule has 4 rings (SSSR count). The number of aryl methyl sites for hydroxylation is 1. The summed E-state index contributed by atoms with van der Waals surface area (Å²) < 4.78 is 5.08. The molecule has 8 heteroatoms. The first kappa shape index (κ1) is 18.4. The molecule has 0 spiro atoms. The highest BCUT2D eigenvalue weighted by atomic mass is 16.5. The predicted octanol–water partition coefficient (Wildman–Crippen LogP) is 0.932. The van der Waals surface area contributed by atoms with E-state index >= 15 is 0 Å². The van der Waals surface area contributed by atoms with E-state index in [1.807, 2.05) is 9.80 Å². The molecule has 148 valence electrons. The van der Waals surface area contributed by atoms with Crippen LogP contribution in [-0.4, -0.2) is 71.0 Å². The predicted molar refractivity (Wildman–Crippen MR) is 97.9 cm³/mol. The van der Waals surface area contributed by atoms with Crippen LogP contribution < -0.4 is 5.32 Å². The van der Waals surface area contributed by atoms with Crippen LogP contribution in [0.1, 0.15) is 49.7 Å². The normalized spacial score (nSPS) is 27.1. The smallest absolute Gasteiger partial charge is 0.226 e. The van der Waals surface area contributed by atoms with E-state index in [1.54, 1.807) is 6.92 Å². The molecule has 2 amide bonds. The number of carbonyl (C=O) groups excluding carboxylic acids is 2. The standard InChI is InChI=1S/C19H29N5O3/c1-13-21-17(22-27-13)14-4-8-24(9-5-14)19(26)16-10-15(11-20-12-16)18(25)23-6-2-3-7-23/h14-16,20H,2-12H2,1H3. The van der Waals surface area contributed by atoms with Crippen molar-refractivity contribution in [2.24, 2.45) is 11.8 Å². The summed E-state index contributed by atoms with van der Waals surface area (Å²) in [6.45, 7) is 6.35. The molecule has 4 heterocycles. The van der Waals surface area contributed by atoms with Crippen LogP contribution in [0.3, 0.4) is 0 Å². The molecule has 1 aromatic rings. The Labute approximate surface area is 159 Å². The molecule has 0 bridgehead atoms. The van der Waals surface area contributed by atoms with E-state index in [-0.39, 0.29) is 29.6 Å². The van der Waals surface area contributed by atoms with Crippen molar-refractivity contribution in [3.63, 3.8) is 0 Å². The third-order valence-corrected chi connectivity index (χ3v) is 6.18. The number of piperidine rings is 2. The number of nitrogens with zero attached hydrogens (tertiary/aromatic N) is 4. The maximum absolute atomic E-state index is 13.0. The van der Waals surface area contributed by atoms with E-state index in [0.717, 1.165) is 57.7 Å². The van der Waals surface area contributed by atoms with E-state index < -0.39 is 0 Å². The Morgan fingerprint density at radius 1 is 1.00 bits per heavy atom. The van der Waals surface area contributed by atoms with E-state index in [2.05, 4.69) is 15.5 Å². The molecule has 2 unspecified atom stereocenters. The van der Waals surface area contributed by atoms with Crippen LogP contribution in [0.5, 0.6) is 0 Å². The summed E-state index contributed by atoms with van der Waals surface area (Å²) >= 11 is 0. The minimum atomic E-state index is -0.0979. The fourth-order valence-corrected chi connectivity index (χ4v) is 4.61. The van der Waals surface area contributed by atoms with Crippen LogP contribution in [0, 0.1) is 18.8 Å². The fraction of sp³-hybridized carbons (Fsp3) is 0.789. The van der Waals surface area contributed by atoms with E-state index in [1.165, 1.54) is 0 Å². The Kier molecular flexibility index (Phi) is 5.43. The lowest BCUT2D eigenvalue weighted by Crippen LogP contribution is -2.50. The van der Waals surface area contributed by atoms with Crippen LogP contribution in [-0.2, 0) is 9.59 Å². The minimum absolute atomic E-state index is 0.0642. The third kappa shape index (κ3) is 4.00. The van der Waals surface area contributed by atoms with Gasteiger partial charge in [0.25, 0.3) is 0 Å². The molecule has 3 fully saturated rings. The van der Waals surface area contributed by atoms with Crippen molar-refractivity contribution in [1.29, 1.82) is 0 Å². The first-order valence-corrected chi connectivity index (χ1v) is 10.2. The van der Waals surface area contributed by atoms with Crippen molar-refractivity contribution in [1.82, 2.24) is 25.3 Å².